The van der Waals surface area contributed by atoms with Gasteiger partial charge in [-0.05, 0) is 95.9 Å². The fourth-order valence-electron chi connectivity index (χ4n) is 5.32. The lowest BCUT2D eigenvalue weighted by Gasteiger charge is -2.32. The van der Waals surface area contributed by atoms with Gasteiger partial charge in [-0.3, -0.25) is 4.79 Å². The minimum atomic E-state index is -0.641. The zero-order valence-electron chi connectivity index (χ0n) is 26.2. The minimum Gasteiger partial charge on any atom is -0.444 e. The van der Waals surface area contributed by atoms with Gasteiger partial charge in [0.2, 0.25) is 5.91 Å². The molecule has 0 spiro atoms. The maximum atomic E-state index is 13.7. The van der Waals surface area contributed by atoms with Crippen molar-refractivity contribution in [2.45, 2.75) is 110 Å². The first kappa shape index (κ1) is 31.1. The third-order valence-corrected chi connectivity index (χ3v) is 8.51. The third-order valence-electron chi connectivity index (χ3n) is 8.51. The summed E-state index contributed by atoms with van der Waals surface area (Å²) in [6.45, 7) is 13.8. The highest BCUT2D eigenvalue weighted by Crippen LogP contribution is 2.37. The largest absolute Gasteiger partial charge is 0.494 e. The molecule has 222 valence electrons. The Kier molecular flexibility index (Phi) is 9.24. The minimum absolute atomic E-state index is 0.103. The molecule has 0 aromatic heterocycles. The number of anilines is 1. The van der Waals surface area contributed by atoms with E-state index in [4.69, 9.17) is 14.0 Å². The SMILES string of the molecule is CN(CC(=O)N(Cc1ccc(C2CCCCC2)cc1)c1ccc(B2OC(C)(C)C(C)(C)O2)cc1)C(=O)OC(C)(C)C. The van der Waals surface area contributed by atoms with Crippen LogP contribution in [0.3, 0.4) is 0 Å². The van der Waals surface area contributed by atoms with Gasteiger partial charge in [-0.15, -0.1) is 0 Å². The molecule has 0 radical (unpaired) electrons. The molecule has 1 saturated carbocycles. The number of hydrogen-bond acceptors (Lipinski definition) is 5. The Bertz CT molecular complexity index is 1180. The summed E-state index contributed by atoms with van der Waals surface area (Å²) in [6, 6.07) is 16.4. The van der Waals surface area contributed by atoms with Crippen molar-refractivity contribution in [3.05, 3.63) is 59.7 Å². The average molecular weight is 563 g/mol. The molecule has 1 saturated heterocycles. The van der Waals surface area contributed by atoms with E-state index in [0.29, 0.717) is 12.5 Å². The maximum absolute atomic E-state index is 13.7. The molecule has 2 aromatic carbocycles. The molecular formula is C33H47BN2O5. The van der Waals surface area contributed by atoms with Gasteiger partial charge in [0.05, 0.1) is 17.7 Å². The van der Waals surface area contributed by atoms with Crippen LogP contribution in [-0.4, -0.2) is 54.4 Å². The van der Waals surface area contributed by atoms with Crippen molar-refractivity contribution in [3.8, 4) is 0 Å². The Labute approximate surface area is 246 Å². The van der Waals surface area contributed by atoms with Gasteiger partial charge in [0.25, 0.3) is 0 Å². The van der Waals surface area contributed by atoms with Gasteiger partial charge in [0.15, 0.2) is 0 Å². The van der Waals surface area contributed by atoms with Gasteiger partial charge in [-0.25, -0.2) is 4.79 Å². The topological polar surface area (TPSA) is 68.3 Å². The quantitative estimate of drug-likeness (QED) is 0.364. The van der Waals surface area contributed by atoms with Crippen LogP contribution in [0.25, 0.3) is 0 Å². The van der Waals surface area contributed by atoms with E-state index >= 15 is 0 Å². The fourth-order valence-corrected chi connectivity index (χ4v) is 5.32. The molecule has 7 nitrogen and oxygen atoms in total. The monoisotopic (exact) mass is 562 g/mol. The van der Waals surface area contributed by atoms with Gasteiger partial charge >= 0.3 is 13.2 Å². The van der Waals surface area contributed by atoms with Crippen molar-refractivity contribution in [1.82, 2.24) is 4.90 Å². The molecule has 41 heavy (non-hydrogen) atoms. The van der Waals surface area contributed by atoms with Gasteiger partial charge < -0.3 is 23.8 Å². The summed E-state index contributed by atoms with van der Waals surface area (Å²) in [5.74, 6) is 0.429. The highest BCUT2D eigenvalue weighted by atomic mass is 16.7. The van der Waals surface area contributed by atoms with Crippen molar-refractivity contribution in [2.24, 2.45) is 0 Å². The molecule has 2 fully saturated rings. The molecule has 1 aliphatic heterocycles. The van der Waals surface area contributed by atoms with Crippen LogP contribution in [0, 0.1) is 0 Å². The van der Waals surface area contributed by atoms with E-state index in [1.165, 1.54) is 42.6 Å². The van der Waals surface area contributed by atoms with E-state index in [1.54, 1.807) is 11.9 Å². The Balaban J connectivity index is 1.54. The van der Waals surface area contributed by atoms with Crippen LogP contribution < -0.4 is 10.4 Å². The van der Waals surface area contributed by atoms with E-state index in [2.05, 4.69) is 24.3 Å². The van der Waals surface area contributed by atoms with Crippen molar-refractivity contribution in [3.63, 3.8) is 0 Å². The first-order chi connectivity index (χ1) is 19.1. The second-order valence-electron chi connectivity index (χ2n) is 13.6. The maximum Gasteiger partial charge on any atom is 0.494 e. The van der Waals surface area contributed by atoms with Crippen LogP contribution in [0.2, 0.25) is 0 Å². The summed E-state index contributed by atoms with van der Waals surface area (Å²) < 4.78 is 17.9. The van der Waals surface area contributed by atoms with Crippen molar-refractivity contribution >= 4 is 30.3 Å². The zero-order chi connectivity index (χ0) is 30.0. The first-order valence-electron chi connectivity index (χ1n) is 14.9. The summed E-state index contributed by atoms with van der Waals surface area (Å²) >= 11 is 0. The van der Waals surface area contributed by atoms with Gasteiger partial charge in [-0.2, -0.15) is 0 Å². The second-order valence-corrected chi connectivity index (χ2v) is 13.6. The molecule has 0 bridgehead atoms. The summed E-state index contributed by atoms with van der Waals surface area (Å²) in [5, 5.41) is 0. The zero-order valence-corrected chi connectivity index (χ0v) is 26.2. The standard InChI is InChI=1S/C33H47BN2O5/c1-31(2,3)39-30(38)35(8)23-29(37)36(22-24-14-16-26(17-15-24)25-12-10-9-11-13-25)28-20-18-27(19-21-28)34-40-32(4,5)33(6,7)41-34/h14-21,25H,9-13,22-23H2,1-8H3. The molecule has 0 unspecified atom stereocenters. The molecular weight excluding hydrogens is 515 g/mol. The number of ether oxygens (including phenoxy) is 1. The average Bonchev–Trinajstić information content (AvgIpc) is 3.13. The second kappa shape index (κ2) is 12.2. The smallest absolute Gasteiger partial charge is 0.444 e. The molecule has 4 rings (SSSR count). The van der Waals surface area contributed by atoms with E-state index < -0.39 is 30.0 Å². The number of nitrogens with zero attached hydrogens (tertiary/aromatic N) is 2. The van der Waals surface area contributed by atoms with Gasteiger partial charge in [0, 0.05) is 12.7 Å². The summed E-state index contributed by atoms with van der Waals surface area (Å²) in [6.07, 6.45) is 5.88. The van der Waals surface area contributed by atoms with Crippen molar-refractivity contribution in [1.29, 1.82) is 0 Å². The predicted molar refractivity (Wildman–Crippen MR) is 164 cm³/mol. The van der Waals surface area contributed by atoms with E-state index in [1.807, 2.05) is 72.7 Å². The molecule has 0 N–H and O–H groups in total. The number of hydrogen-bond donors (Lipinski definition) is 0. The number of benzene rings is 2. The summed E-state index contributed by atoms with van der Waals surface area (Å²) in [5.41, 5.74) is 2.53. The molecule has 0 atom stereocenters. The number of amides is 2. The third kappa shape index (κ3) is 7.72. The van der Waals surface area contributed by atoms with Crippen LogP contribution >= 0.6 is 0 Å². The van der Waals surface area contributed by atoms with Crippen LogP contribution in [0.15, 0.2) is 48.5 Å². The summed E-state index contributed by atoms with van der Waals surface area (Å²) in [4.78, 5) is 29.3. The Morgan fingerprint density at radius 1 is 0.902 bits per heavy atom. The highest BCUT2D eigenvalue weighted by Gasteiger charge is 2.51. The number of carbonyl (C=O) groups excluding carboxylic acids is 2. The van der Waals surface area contributed by atoms with Crippen molar-refractivity contribution < 1.29 is 23.6 Å². The van der Waals surface area contributed by atoms with Crippen molar-refractivity contribution in [2.75, 3.05) is 18.5 Å². The highest BCUT2D eigenvalue weighted by molar-refractivity contribution is 6.62. The lowest BCUT2D eigenvalue weighted by molar-refractivity contribution is -0.119. The lowest BCUT2D eigenvalue weighted by Crippen LogP contribution is -2.43. The van der Waals surface area contributed by atoms with E-state index in [0.717, 1.165) is 16.7 Å². The van der Waals surface area contributed by atoms with Crippen LogP contribution in [0.5, 0.6) is 0 Å². The molecule has 1 aliphatic carbocycles. The normalized spacial score (nSPS) is 18.7. The van der Waals surface area contributed by atoms with E-state index in [-0.39, 0.29) is 12.5 Å². The number of rotatable bonds is 7. The Morgan fingerprint density at radius 2 is 1.46 bits per heavy atom. The first-order valence-corrected chi connectivity index (χ1v) is 14.9. The number of carbonyl (C=O) groups is 2. The van der Waals surface area contributed by atoms with Gasteiger partial charge in [-0.1, -0.05) is 55.7 Å². The van der Waals surface area contributed by atoms with Gasteiger partial charge in [0.1, 0.15) is 12.1 Å². The predicted octanol–water partition coefficient (Wildman–Crippen LogP) is 6.43. The molecule has 2 aliphatic rings. The summed E-state index contributed by atoms with van der Waals surface area (Å²) in [7, 11) is 1.11. The molecule has 2 aromatic rings. The molecule has 2 amide bonds. The molecule has 1 heterocycles. The fraction of sp³-hybridized carbons (Fsp3) is 0.576. The van der Waals surface area contributed by atoms with Crippen LogP contribution in [0.4, 0.5) is 10.5 Å². The van der Waals surface area contributed by atoms with Crippen LogP contribution in [-0.2, 0) is 25.4 Å². The lowest BCUT2D eigenvalue weighted by atomic mass is 9.79. The van der Waals surface area contributed by atoms with E-state index in [9.17, 15) is 9.59 Å². The Hall–Kier alpha value is -2.84. The Morgan fingerprint density at radius 3 is 2.00 bits per heavy atom. The van der Waals surface area contributed by atoms with Crippen LogP contribution in [0.1, 0.15) is 97.6 Å². The molecule has 8 heteroatoms. The number of likely N-dealkylation sites (N-methyl/N-ethyl adjacent to an activating group) is 1.